The standard InChI is InChI=1S/C15H11Cl3N6O3/c16-10-2-1-9(12(17)3-10)5-23-7-13(18)15(21-23)20-14(25)8-22-6-11(4-19-22)24(26)27/h1-4,6-7H,5,8H2,(H,20,21,25). The van der Waals surface area contributed by atoms with Crippen LogP contribution in [-0.4, -0.2) is 30.4 Å². The van der Waals surface area contributed by atoms with Crippen molar-refractivity contribution in [1.82, 2.24) is 19.6 Å². The molecular formula is C15H11Cl3N6O3. The number of nitrogens with one attached hydrogen (secondary N) is 1. The molecular weight excluding hydrogens is 419 g/mol. The van der Waals surface area contributed by atoms with Crippen LogP contribution in [-0.2, 0) is 17.9 Å². The van der Waals surface area contributed by atoms with E-state index in [4.69, 9.17) is 34.8 Å². The summed E-state index contributed by atoms with van der Waals surface area (Å²) in [4.78, 5) is 22.1. The van der Waals surface area contributed by atoms with Gasteiger partial charge in [0.15, 0.2) is 5.82 Å². The lowest BCUT2D eigenvalue weighted by Gasteiger charge is -2.05. The largest absolute Gasteiger partial charge is 0.307 e. The predicted molar refractivity (Wildman–Crippen MR) is 100 cm³/mol. The quantitative estimate of drug-likeness (QED) is 0.475. The average molecular weight is 430 g/mol. The maximum Gasteiger partial charge on any atom is 0.307 e. The Morgan fingerprint density at radius 2 is 1.96 bits per heavy atom. The van der Waals surface area contributed by atoms with Crippen molar-refractivity contribution in [3.8, 4) is 0 Å². The third-order valence-electron chi connectivity index (χ3n) is 3.46. The zero-order chi connectivity index (χ0) is 19.6. The Hall–Kier alpha value is -2.62. The highest BCUT2D eigenvalue weighted by atomic mass is 35.5. The van der Waals surface area contributed by atoms with Crippen molar-refractivity contribution in [3.63, 3.8) is 0 Å². The molecule has 1 amide bonds. The minimum absolute atomic E-state index is 0.161. The second kappa shape index (κ2) is 7.95. The van der Waals surface area contributed by atoms with E-state index in [0.29, 0.717) is 16.6 Å². The molecule has 0 aliphatic heterocycles. The highest BCUT2D eigenvalue weighted by molar-refractivity contribution is 6.35. The number of rotatable bonds is 6. The Balaban J connectivity index is 1.66. The van der Waals surface area contributed by atoms with Gasteiger partial charge >= 0.3 is 5.69 Å². The third-order valence-corrected chi connectivity index (χ3v) is 4.32. The van der Waals surface area contributed by atoms with Gasteiger partial charge in [-0.05, 0) is 17.7 Å². The van der Waals surface area contributed by atoms with Crippen LogP contribution >= 0.6 is 34.8 Å². The lowest BCUT2D eigenvalue weighted by Crippen LogP contribution is -2.19. The van der Waals surface area contributed by atoms with Gasteiger partial charge < -0.3 is 5.32 Å². The summed E-state index contributed by atoms with van der Waals surface area (Å²) in [6, 6.07) is 5.10. The molecule has 1 N–H and O–H groups in total. The molecule has 0 fully saturated rings. The summed E-state index contributed by atoms with van der Waals surface area (Å²) in [5.74, 6) is -0.321. The molecule has 140 valence electrons. The maximum atomic E-state index is 12.1. The zero-order valence-electron chi connectivity index (χ0n) is 13.5. The smallest absolute Gasteiger partial charge is 0.306 e. The monoisotopic (exact) mass is 428 g/mol. The summed E-state index contributed by atoms with van der Waals surface area (Å²) >= 11 is 18.1. The number of anilines is 1. The minimum atomic E-state index is -0.595. The lowest BCUT2D eigenvalue weighted by molar-refractivity contribution is -0.385. The van der Waals surface area contributed by atoms with Gasteiger partial charge in [0.05, 0.1) is 11.5 Å². The Bertz CT molecular complexity index is 1020. The van der Waals surface area contributed by atoms with E-state index in [1.165, 1.54) is 4.68 Å². The van der Waals surface area contributed by atoms with E-state index in [9.17, 15) is 14.9 Å². The number of carbonyl (C=O) groups excluding carboxylic acids is 1. The molecule has 0 unspecified atom stereocenters. The van der Waals surface area contributed by atoms with Crippen LogP contribution in [0.2, 0.25) is 15.1 Å². The molecule has 3 aromatic rings. The molecule has 2 aromatic heterocycles. The summed E-state index contributed by atoms with van der Waals surface area (Å²) in [6.07, 6.45) is 3.76. The van der Waals surface area contributed by atoms with E-state index in [-0.39, 0.29) is 23.1 Å². The summed E-state index contributed by atoms with van der Waals surface area (Å²) < 4.78 is 2.66. The topological polar surface area (TPSA) is 108 Å². The average Bonchev–Trinajstić information content (AvgIpc) is 3.17. The van der Waals surface area contributed by atoms with Gasteiger partial charge in [-0.15, -0.1) is 0 Å². The number of amides is 1. The van der Waals surface area contributed by atoms with Gasteiger partial charge in [0, 0.05) is 16.2 Å². The van der Waals surface area contributed by atoms with Gasteiger partial charge in [-0.3, -0.25) is 24.3 Å². The first-order valence-corrected chi connectivity index (χ1v) is 8.59. The van der Waals surface area contributed by atoms with Crippen molar-refractivity contribution in [1.29, 1.82) is 0 Å². The highest BCUT2D eigenvalue weighted by Gasteiger charge is 2.14. The lowest BCUT2D eigenvalue weighted by atomic mass is 10.2. The van der Waals surface area contributed by atoms with Crippen LogP contribution in [0.3, 0.4) is 0 Å². The molecule has 3 rings (SSSR count). The van der Waals surface area contributed by atoms with E-state index >= 15 is 0 Å². The van der Waals surface area contributed by atoms with Crippen molar-refractivity contribution < 1.29 is 9.72 Å². The van der Waals surface area contributed by atoms with Gasteiger partial charge in [-0.1, -0.05) is 40.9 Å². The molecule has 0 spiro atoms. The number of carbonyl (C=O) groups is 1. The zero-order valence-corrected chi connectivity index (χ0v) is 15.7. The third kappa shape index (κ3) is 4.76. The fraction of sp³-hybridized carbons (Fsp3) is 0.133. The van der Waals surface area contributed by atoms with Gasteiger partial charge in [-0.2, -0.15) is 10.2 Å². The van der Waals surface area contributed by atoms with E-state index in [1.807, 2.05) is 0 Å². The molecule has 27 heavy (non-hydrogen) atoms. The Kier molecular flexibility index (Phi) is 5.64. The molecule has 0 aliphatic carbocycles. The first-order valence-electron chi connectivity index (χ1n) is 7.45. The molecule has 0 saturated heterocycles. The number of halogens is 3. The summed E-state index contributed by atoms with van der Waals surface area (Å²) in [7, 11) is 0. The summed E-state index contributed by atoms with van der Waals surface area (Å²) in [5, 5.41) is 22.4. The predicted octanol–water partition coefficient (Wildman–Crippen LogP) is 3.64. The van der Waals surface area contributed by atoms with E-state index in [0.717, 1.165) is 22.6 Å². The van der Waals surface area contributed by atoms with Gasteiger partial charge in [0.25, 0.3) is 0 Å². The van der Waals surface area contributed by atoms with Gasteiger partial charge in [0.1, 0.15) is 24.0 Å². The minimum Gasteiger partial charge on any atom is -0.306 e. The van der Waals surface area contributed by atoms with Crippen molar-refractivity contribution >= 4 is 52.2 Å². The van der Waals surface area contributed by atoms with Crippen LogP contribution in [0.25, 0.3) is 0 Å². The molecule has 0 bridgehead atoms. The van der Waals surface area contributed by atoms with E-state index in [2.05, 4.69) is 15.5 Å². The van der Waals surface area contributed by atoms with Crippen LogP contribution in [0.4, 0.5) is 11.5 Å². The molecule has 12 heteroatoms. The summed E-state index contributed by atoms with van der Waals surface area (Å²) in [5.41, 5.74) is 0.576. The van der Waals surface area contributed by atoms with Crippen LogP contribution in [0.5, 0.6) is 0 Å². The number of aromatic nitrogens is 4. The molecule has 0 atom stereocenters. The van der Waals surface area contributed by atoms with Crippen molar-refractivity contribution in [3.05, 3.63) is 67.5 Å². The number of hydrogen-bond donors (Lipinski definition) is 1. The van der Waals surface area contributed by atoms with Crippen LogP contribution in [0.1, 0.15) is 5.56 Å². The summed E-state index contributed by atoms with van der Waals surface area (Å²) in [6.45, 7) is 0.108. The van der Waals surface area contributed by atoms with E-state index < -0.39 is 10.8 Å². The molecule has 0 aliphatic rings. The Morgan fingerprint density at radius 1 is 1.19 bits per heavy atom. The Labute approximate surface area is 167 Å². The maximum absolute atomic E-state index is 12.1. The van der Waals surface area contributed by atoms with Crippen molar-refractivity contribution in [2.24, 2.45) is 0 Å². The highest BCUT2D eigenvalue weighted by Crippen LogP contribution is 2.24. The van der Waals surface area contributed by atoms with E-state index in [1.54, 1.807) is 24.4 Å². The number of nitro groups is 1. The van der Waals surface area contributed by atoms with Crippen LogP contribution in [0, 0.1) is 10.1 Å². The van der Waals surface area contributed by atoms with Crippen LogP contribution < -0.4 is 5.32 Å². The SMILES string of the molecule is O=C(Cn1cc([N+](=O)[O-])cn1)Nc1nn(Cc2ccc(Cl)cc2Cl)cc1Cl. The fourth-order valence-electron chi connectivity index (χ4n) is 2.24. The Morgan fingerprint density at radius 3 is 2.63 bits per heavy atom. The van der Waals surface area contributed by atoms with Crippen LogP contribution in [0.15, 0.2) is 36.8 Å². The number of benzene rings is 1. The fourth-order valence-corrected chi connectivity index (χ4v) is 2.91. The second-order valence-corrected chi connectivity index (χ2v) is 6.71. The molecule has 0 saturated carbocycles. The molecule has 2 heterocycles. The normalized spacial score (nSPS) is 10.8. The van der Waals surface area contributed by atoms with Gasteiger partial charge in [-0.25, -0.2) is 0 Å². The molecule has 1 aromatic carbocycles. The number of hydrogen-bond acceptors (Lipinski definition) is 5. The number of nitrogens with zero attached hydrogens (tertiary/aromatic N) is 5. The first-order chi connectivity index (χ1) is 12.8. The second-order valence-electron chi connectivity index (χ2n) is 5.46. The van der Waals surface area contributed by atoms with Gasteiger partial charge in [0.2, 0.25) is 5.91 Å². The van der Waals surface area contributed by atoms with Crippen molar-refractivity contribution in [2.45, 2.75) is 13.1 Å². The first kappa shape index (κ1) is 19.2. The molecule has 9 nitrogen and oxygen atoms in total. The molecule has 0 radical (unpaired) electrons. The van der Waals surface area contributed by atoms with Crippen molar-refractivity contribution in [2.75, 3.05) is 5.32 Å².